The van der Waals surface area contributed by atoms with Crippen LogP contribution in [0.4, 0.5) is 5.82 Å². The van der Waals surface area contributed by atoms with E-state index in [1.54, 1.807) is 0 Å². The van der Waals surface area contributed by atoms with Gasteiger partial charge in [0.2, 0.25) is 0 Å². The molecule has 0 spiro atoms. The van der Waals surface area contributed by atoms with Gasteiger partial charge in [0.25, 0.3) is 0 Å². The number of hydrazine groups is 1. The van der Waals surface area contributed by atoms with Gasteiger partial charge in [0.1, 0.15) is 11.6 Å². The van der Waals surface area contributed by atoms with Crippen molar-refractivity contribution in [3.63, 3.8) is 0 Å². The second-order valence-corrected chi connectivity index (χ2v) is 4.96. The Balaban J connectivity index is 2.81. The fraction of sp³-hybridized carbons (Fsp3) is 0.667. The van der Waals surface area contributed by atoms with E-state index in [4.69, 9.17) is 5.84 Å². The predicted octanol–water partition coefficient (Wildman–Crippen LogP) is 1.06. The fourth-order valence-corrected chi connectivity index (χ4v) is 1.58. The van der Waals surface area contributed by atoms with Gasteiger partial charge in [-0.3, -0.25) is 0 Å². The highest BCUT2D eigenvalue weighted by atomic mass is 15.3. The van der Waals surface area contributed by atoms with Gasteiger partial charge in [-0.05, 0) is 26.4 Å². The number of nitrogens with two attached hydrogens (primary N) is 1. The third kappa shape index (κ3) is 5.10. The number of nitrogens with zero attached hydrogens (tertiary/aromatic N) is 3. The summed E-state index contributed by atoms with van der Waals surface area (Å²) >= 11 is 0. The van der Waals surface area contributed by atoms with Crippen LogP contribution >= 0.6 is 0 Å². The summed E-state index contributed by atoms with van der Waals surface area (Å²) in [5.41, 5.74) is 3.66. The van der Waals surface area contributed by atoms with Crippen LogP contribution in [0.3, 0.4) is 0 Å². The molecule has 0 fully saturated rings. The highest BCUT2D eigenvalue weighted by Gasteiger charge is 2.06. The van der Waals surface area contributed by atoms with E-state index in [9.17, 15) is 0 Å². The number of rotatable bonds is 6. The molecule has 1 aromatic rings. The van der Waals surface area contributed by atoms with Gasteiger partial charge in [-0.25, -0.2) is 15.8 Å². The maximum absolute atomic E-state index is 5.42. The van der Waals surface area contributed by atoms with Crippen molar-refractivity contribution in [2.45, 2.75) is 26.7 Å². The van der Waals surface area contributed by atoms with Crippen molar-refractivity contribution in [1.82, 2.24) is 14.9 Å². The molecule has 1 rings (SSSR count). The molecule has 0 aliphatic carbocycles. The van der Waals surface area contributed by atoms with Crippen LogP contribution < -0.4 is 11.3 Å². The number of aromatic nitrogens is 2. The van der Waals surface area contributed by atoms with Crippen molar-refractivity contribution in [3.05, 3.63) is 17.6 Å². The molecule has 0 saturated carbocycles. The van der Waals surface area contributed by atoms with Gasteiger partial charge in [-0.15, -0.1) is 0 Å². The van der Waals surface area contributed by atoms with Crippen LogP contribution in [-0.4, -0.2) is 35.5 Å². The van der Waals surface area contributed by atoms with Gasteiger partial charge < -0.3 is 10.3 Å². The molecule has 0 aliphatic heterocycles. The Morgan fingerprint density at radius 2 is 2.06 bits per heavy atom. The largest absolute Gasteiger partial charge is 0.309 e. The fourth-order valence-electron chi connectivity index (χ4n) is 1.58. The van der Waals surface area contributed by atoms with Gasteiger partial charge in [0.05, 0.1) is 0 Å². The van der Waals surface area contributed by atoms with Crippen LogP contribution in [0.15, 0.2) is 6.07 Å². The highest BCUT2D eigenvalue weighted by molar-refractivity contribution is 5.34. The van der Waals surface area contributed by atoms with Gasteiger partial charge in [0.15, 0.2) is 0 Å². The number of nitrogen functional groups attached to an aromatic ring is 1. The highest BCUT2D eigenvalue weighted by Crippen LogP contribution is 2.10. The van der Waals surface area contributed by atoms with E-state index in [0.717, 1.165) is 30.9 Å². The first kappa shape index (κ1) is 13.9. The molecule has 0 saturated heterocycles. The molecule has 5 heteroatoms. The maximum Gasteiger partial charge on any atom is 0.143 e. The summed E-state index contributed by atoms with van der Waals surface area (Å²) in [4.78, 5) is 11.0. The number of hydrogen-bond donors (Lipinski definition) is 2. The first-order valence-corrected chi connectivity index (χ1v) is 5.99. The summed E-state index contributed by atoms with van der Waals surface area (Å²) in [6.07, 6.45) is 1.79. The zero-order valence-corrected chi connectivity index (χ0v) is 11.2. The Morgan fingerprint density at radius 3 is 2.59 bits per heavy atom. The van der Waals surface area contributed by atoms with Crippen LogP contribution in [0.5, 0.6) is 0 Å². The van der Waals surface area contributed by atoms with Crippen LogP contribution in [0.1, 0.15) is 25.4 Å². The van der Waals surface area contributed by atoms with Gasteiger partial charge >= 0.3 is 0 Å². The molecule has 0 amide bonds. The van der Waals surface area contributed by atoms with Crippen LogP contribution in [0.2, 0.25) is 0 Å². The van der Waals surface area contributed by atoms with E-state index >= 15 is 0 Å². The molecule has 96 valence electrons. The summed E-state index contributed by atoms with van der Waals surface area (Å²) in [7, 11) is 4.08. The van der Waals surface area contributed by atoms with Crippen molar-refractivity contribution in [1.29, 1.82) is 0 Å². The summed E-state index contributed by atoms with van der Waals surface area (Å²) in [6.45, 7) is 5.30. The molecule has 1 aromatic heterocycles. The minimum atomic E-state index is 0.581. The van der Waals surface area contributed by atoms with Crippen LogP contribution in [0.25, 0.3) is 0 Å². The second kappa shape index (κ2) is 6.51. The molecular formula is C12H23N5. The van der Waals surface area contributed by atoms with Crippen molar-refractivity contribution in [2.24, 2.45) is 11.8 Å². The zero-order valence-electron chi connectivity index (χ0n) is 11.2. The first-order valence-electron chi connectivity index (χ1n) is 5.99. The molecule has 0 atom stereocenters. The molecule has 0 unspecified atom stereocenters. The van der Waals surface area contributed by atoms with Gasteiger partial charge in [-0.2, -0.15) is 0 Å². The molecule has 5 nitrogen and oxygen atoms in total. The van der Waals surface area contributed by atoms with E-state index in [1.807, 2.05) is 20.2 Å². The molecule has 0 bridgehead atoms. The van der Waals surface area contributed by atoms with E-state index in [1.165, 1.54) is 0 Å². The lowest BCUT2D eigenvalue weighted by atomic mass is 10.1. The standard InChI is InChI=1S/C12H23N5/c1-9(2)7-10-8-12(16-13)15-11(14-10)5-6-17(3)4/h8-9H,5-7,13H2,1-4H3,(H,14,15,16). The third-order valence-corrected chi connectivity index (χ3v) is 2.37. The summed E-state index contributed by atoms with van der Waals surface area (Å²) in [5, 5.41) is 0. The first-order chi connectivity index (χ1) is 8.01. The van der Waals surface area contributed by atoms with E-state index in [2.05, 4.69) is 34.1 Å². The minimum Gasteiger partial charge on any atom is -0.309 e. The van der Waals surface area contributed by atoms with E-state index < -0.39 is 0 Å². The summed E-state index contributed by atoms with van der Waals surface area (Å²) in [6, 6.07) is 1.92. The smallest absolute Gasteiger partial charge is 0.143 e. The normalized spacial score (nSPS) is 11.2. The quantitative estimate of drug-likeness (QED) is 0.572. The Hall–Kier alpha value is -1.20. The number of hydrogen-bond acceptors (Lipinski definition) is 5. The third-order valence-electron chi connectivity index (χ3n) is 2.37. The molecule has 0 radical (unpaired) electrons. The topological polar surface area (TPSA) is 67.1 Å². The lowest BCUT2D eigenvalue weighted by Gasteiger charge is -2.11. The SMILES string of the molecule is CC(C)Cc1cc(NN)nc(CCN(C)C)n1. The lowest BCUT2D eigenvalue weighted by molar-refractivity contribution is 0.409. The van der Waals surface area contributed by atoms with Crippen molar-refractivity contribution in [3.8, 4) is 0 Å². The van der Waals surface area contributed by atoms with Crippen molar-refractivity contribution >= 4 is 5.82 Å². The summed E-state index contributed by atoms with van der Waals surface area (Å²) in [5.74, 6) is 7.55. The zero-order chi connectivity index (χ0) is 12.8. The maximum atomic E-state index is 5.42. The molecule has 0 aliphatic rings. The average Bonchev–Trinajstić information content (AvgIpc) is 2.25. The predicted molar refractivity (Wildman–Crippen MR) is 70.6 cm³/mol. The van der Waals surface area contributed by atoms with E-state index in [0.29, 0.717) is 11.7 Å². The summed E-state index contributed by atoms with van der Waals surface area (Å²) < 4.78 is 0. The lowest BCUT2D eigenvalue weighted by Crippen LogP contribution is -2.18. The Bertz CT molecular complexity index is 349. The Kier molecular flexibility index (Phi) is 5.31. The van der Waals surface area contributed by atoms with Crippen molar-refractivity contribution < 1.29 is 0 Å². The Labute approximate surface area is 103 Å². The minimum absolute atomic E-state index is 0.581. The second-order valence-electron chi connectivity index (χ2n) is 4.96. The Morgan fingerprint density at radius 1 is 1.35 bits per heavy atom. The molecule has 17 heavy (non-hydrogen) atoms. The van der Waals surface area contributed by atoms with Gasteiger partial charge in [0, 0.05) is 24.7 Å². The van der Waals surface area contributed by atoms with Crippen molar-refractivity contribution in [2.75, 3.05) is 26.1 Å². The number of likely N-dealkylation sites (N-methyl/N-ethyl adjacent to an activating group) is 1. The van der Waals surface area contributed by atoms with Crippen LogP contribution in [-0.2, 0) is 12.8 Å². The molecule has 1 heterocycles. The molecule has 3 N–H and O–H groups in total. The molecule has 0 aromatic carbocycles. The monoisotopic (exact) mass is 237 g/mol. The van der Waals surface area contributed by atoms with Crippen LogP contribution in [0, 0.1) is 5.92 Å². The molecular weight excluding hydrogens is 214 g/mol. The van der Waals surface area contributed by atoms with Gasteiger partial charge in [-0.1, -0.05) is 13.8 Å². The average molecular weight is 237 g/mol. The van der Waals surface area contributed by atoms with E-state index in [-0.39, 0.29) is 0 Å². The number of nitrogens with one attached hydrogen (secondary N) is 1. The number of anilines is 1.